The molecule has 0 aliphatic carbocycles. The maximum atomic E-state index is 12.4. The number of Topliss-reactive ketones (excluding diaryl/α,β-unsaturated/α-hetero) is 1. The molecule has 3 rings (SSSR count). The van der Waals surface area contributed by atoms with Gasteiger partial charge in [0.2, 0.25) is 5.78 Å². The summed E-state index contributed by atoms with van der Waals surface area (Å²) >= 11 is 5.89. The van der Waals surface area contributed by atoms with Crippen molar-refractivity contribution in [3.8, 4) is 6.07 Å². The number of aryl methyl sites for hydroxylation is 1. The third-order valence-corrected chi connectivity index (χ3v) is 3.47. The first kappa shape index (κ1) is 14.9. The van der Waals surface area contributed by atoms with Gasteiger partial charge in [-0.3, -0.25) is 9.59 Å². The van der Waals surface area contributed by atoms with Crippen molar-refractivity contribution in [2.75, 3.05) is 0 Å². The number of nitrogens with zero attached hydrogens (tertiary/aromatic N) is 3. The Balaban J connectivity index is 2.12. The zero-order valence-electron chi connectivity index (χ0n) is 11.8. The molecule has 0 aliphatic rings. The van der Waals surface area contributed by atoms with E-state index in [0.29, 0.717) is 21.7 Å². The van der Waals surface area contributed by atoms with Crippen molar-refractivity contribution in [1.29, 1.82) is 5.26 Å². The van der Waals surface area contributed by atoms with E-state index in [0.717, 1.165) is 0 Å². The quantitative estimate of drug-likeness (QED) is 0.738. The topological polar surface area (TPSA) is 113 Å². The molecule has 2 aromatic heterocycles. The van der Waals surface area contributed by atoms with Crippen LogP contribution in [0.3, 0.4) is 0 Å². The average molecular weight is 329 g/mol. The molecule has 2 heterocycles. The molecule has 1 N–H and O–H groups in total. The van der Waals surface area contributed by atoms with Crippen LogP contribution in [-0.4, -0.2) is 20.9 Å². The van der Waals surface area contributed by atoms with Crippen molar-refractivity contribution >= 4 is 28.3 Å². The summed E-state index contributed by atoms with van der Waals surface area (Å²) in [6.07, 6.45) is 0. The zero-order valence-corrected chi connectivity index (χ0v) is 12.6. The molecule has 3 aromatic rings. The van der Waals surface area contributed by atoms with E-state index >= 15 is 0 Å². The molecule has 0 radical (unpaired) electrons. The monoisotopic (exact) mass is 328 g/mol. The van der Waals surface area contributed by atoms with Gasteiger partial charge < -0.3 is 9.51 Å². The fourth-order valence-electron chi connectivity index (χ4n) is 2.14. The van der Waals surface area contributed by atoms with E-state index in [1.165, 1.54) is 18.2 Å². The number of aromatic nitrogens is 3. The van der Waals surface area contributed by atoms with Crippen LogP contribution in [0.25, 0.3) is 10.9 Å². The summed E-state index contributed by atoms with van der Waals surface area (Å²) in [6.45, 7) is 1.63. The van der Waals surface area contributed by atoms with E-state index in [1.807, 2.05) is 6.07 Å². The number of nitrogens with one attached hydrogen (secondary N) is 1. The summed E-state index contributed by atoms with van der Waals surface area (Å²) in [7, 11) is 0. The molecule has 0 amide bonds. The molecule has 7 nitrogen and oxygen atoms in total. The predicted octanol–water partition coefficient (Wildman–Crippen LogP) is 2.36. The molecule has 0 bridgehead atoms. The minimum Gasteiger partial charge on any atom is -0.361 e. The minimum absolute atomic E-state index is 0.00268. The maximum Gasteiger partial charge on any atom is 0.258 e. The first-order valence-corrected chi connectivity index (χ1v) is 6.94. The number of rotatable bonds is 3. The van der Waals surface area contributed by atoms with Crippen molar-refractivity contribution in [3.05, 3.63) is 56.9 Å². The van der Waals surface area contributed by atoms with Crippen molar-refractivity contribution in [2.45, 2.75) is 12.8 Å². The third-order valence-electron chi connectivity index (χ3n) is 3.23. The van der Waals surface area contributed by atoms with E-state index in [1.54, 1.807) is 13.0 Å². The number of carbonyl (C=O) groups excluding carboxylic acids is 1. The molecule has 23 heavy (non-hydrogen) atoms. The van der Waals surface area contributed by atoms with Gasteiger partial charge in [0.1, 0.15) is 11.6 Å². The van der Waals surface area contributed by atoms with Crippen molar-refractivity contribution in [3.63, 3.8) is 0 Å². The fourth-order valence-corrected chi connectivity index (χ4v) is 2.31. The first-order valence-electron chi connectivity index (χ1n) is 6.56. The molecule has 0 aliphatic heterocycles. The molecule has 1 aromatic carbocycles. The number of H-pyrrole nitrogens is 1. The molecule has 0 fully saturated rings. The fraction of sp³-hybridized carbons (Fsp3) is 0.133. The number of hydrogen-bond acceptors (Lipinski definition) is 6. The second kappa shape index (κ2) is 5.66. The molecule has 1 atom stereocenters. The third kappa shape index (κ3) is 2.72. The standard InChI is InChI=1S/C15H9ClN4O3/c1-7-4-12(20-23-7)13(21)10(6-17)14-18-11-5-8(16)2-3-9(11)15(22)19-14/h2-5,10H,1H3,(H,18,19,22)/t10-/m0/s1. The second-order valence-corrected chi connectivity index (χ2v) is 5.30. The van der Waals surface area contributed by atoms with E-state index in [-0.39, 0.29) is 11.5 Å². The number of ketones is 1. The Morgan fingerprint density at radius 1 is 1.43 bits per heavy atom. The zero-order chi connectivity index (χ0) is 16.6. The van der Waals surface area contributed by atoms with Crippen LogP contribution in [0, 0.1) is 18.3 Å². The van der Waals surface area contributed by atoms with Crippen LogP contribution < -0.4 is 5.56 Å². The van der Waals surface area contributed by atoms with Crippen LogP contribution in [0.15, 0.2) is 33.6 Å². The number of halogens is 1. The summed E-state index contributed by atoms with van der Waals surface area (Å²) in [6, 6.07) is 7.84. The Morgan fingerprint density at radius 2 is 2.22 bits per heavy atom. The minimum atomic E-state index is -1.30. The molecule has 0 saturated carbocycles. The van der Waals surface area contributed by atoms with Gasteiger partial charge in [0, 0.05) is 11.1 Å². The number of aromatic amines is 1. The Labute approximate surface area is 134 Å². The van der Waals surface area contributed by atoms with Gasteiger partial charge in [0.05, 0.1) is 17.0 Å². The van der Waals surface area contributed by atoms with E-state index in [4.69, 9.17) is 16.1 Å². The van der Waals surface area contributed by atoms with Crippen LogP contribution in [0.2, 0.25) is 5.02 Å². The second-order valence-electron chi connectivity index (χ2n) is 4.86. The van der Waals surface area contributed by atoms with Crippen molar-refractivity contribution < 1.29 is 9.32 Å². The van der Waals surface area contributed by atoms with Gasteiger partial charge >= 0.3 is 0 Å². The normalized spacial score (nSPS) is 12.0. The summed E-state index contributed by atoms with van der Waals surface area (Å²) < 4.78 is 4.84. The number of benzene rings is 1. The maximum absolute atomic E-state index is 12.4. The lowest BCUT2D eigenvalue weighted by Crippen LogP contribution is -2.20. The molecular formula is C15H9ClN4O3. The van der Waals surface area contributed by atoms with Crippen LogP contribution in [0.1, 0.15) is 28.0 Å². The van der Waals surface area contributed by atoms with E-state index in [2.05, 4.69) is 15.1 Å². The summed E-state index contributed by atoms with van der Waals surface area (Å²) in [5.41, 5.74) is -0.144. The Hall–Kier alpha value is -2.98. The highest BCUT2D eigenvalue weighted by molar-refractivity contribution is 6.31. The van der Waals surface area contributed by atoms with Crippen LogP contribution >= 0.6 is 11.6 Å². The molecule has 0 saturated heterocycles. The van der Waals surface area contributed by atoms with E-state index < -0.39 is 17.3 Å². The van der Waals surface area contributed by atoms with Crippen LogP contribution in [-0.2, 0) is 0 Å². The Bertz CT molecular complexity index is 1020. The lowest BCUT2D eigenvalue weighted by Gasteiger charge is -2.07. The lowest BCUT2D eigenvalue weighted by atomic mass is 10.0. The highest BCUT2D eigenvalue weighted by Crippen LogP contribution is 2.20. The van der Waals surface area contributed by atoms with Gasteiger partial charge in [-0.2, -0.15) is 5.26 Å². The summed E-state index contributed by atoms with van der Waals surface area (Å²) in [5, 5.41) is 13.6. The largest absolute Gasteiger partial charge is 0.361 e. The van der Waals surface area contributed by atoms with Crippen LogP contribution in [0.4, 0.5) is 0 Å². The lowest BCUT2D eigenvalue weighted by molar-refractivity contribution is 0.0967. The summed E-state index contributed by atoms with van der Waals surface area (Å²) in [5.74, 6) is -1.51. The van der Waals surface area contributed by atoms with Gasteiger partial charge in [-0.1, -0.05) is 16.8 Å². The number of hydrogen-bond donors (Lipinski definition) is 1. The van der Waals surface area contributed by atoms with Crippen LogP contribution in [0.5, 0.6) is 0 Å². The van der Waals surface area contributed by atoms with E-state index in [9.17, 15) is 14.9 Å². The molecule has 8 heteroatoms. The Kier molecular flexibility index (Phi) is 3.68. The molecule has 114 valence electrons. The van der Waals surface area contributed by atoms with Gasteiger partial charge in [-0.05, 0) is 25.1 Å². The van der Waals surface area contributed by atoms with Gasteiger partial charge in [-0.25, -0.2) is 4.98 Å². The average Bonchev–Trinajstić information content (AvgIpc) is 2.94. The molecular weight excluding hydrogens is 320 g/mol. The van der Waals surface area contributed by atoms with Gasteiger partial charge in [0.15, 0.2) is 11.6 Å². The highest BCUT2D eigenvalue weighted by Gasteiger charge is 2.27. The molecule has 0 unspecified atom stereocenters. The SMILES string of the molecule is Cc1cc(C(=O)[C@H](C#N)c2nc3cc(Cl)ccc3c(=O)[nH]2)no1. The van der Waals surface area contributed by atoms with Crippen molar-refractivity contribution in [1.82, 2.24) is 15.1 Å². The Morgan fingerprint density at radius 3 is 2.87 bits per heavy atom. The highest BCUT2D eigenvalue weighted by atomic mass is 35.5. The predicted molar refractivity (Wildman–Crippen MR) is 81.3 cm³/mol. The first-order chi connectivity index (χ1) is 11.0. The molecule has 0 spiro atoms. The van der Waals surface area contributed by atoms with Gasteiger partial charge in [0.25, 0.3) is 5.56 Å². The summed E-state index contributed by atoms with van der Waals surface area (Å²) in [4.78, 5) is 31.1. The number of nitriles is 1. The smallest absolute Gasteiger partial charge is 0.258 e. The number of fused-ring (bicyclic) bond motifs is 1. The van der Waals surface area contributed by atoms with Crippen molar-refractivity contribution in [2.24, 2.45) is 0 Å². The number of carbonyl (C=O) groups is 1. The van der Waals surface area contributed by atoms with Gasteiger partial charge in [-0.15, -0.1) is 0 Å².